The Morgan fingerprint density at radius 3 is 3.00 bits per heavy atom. The van der Waals surface area contributed by atoms with Gasteiger partial charge in [-0.05, 0) is 19.1 Å². The summed E-state index contributed by atoms with van der Waals surface area (Å²) in [6.45, 7) is 2.74. The van der Waals surface area contributed by atoms with E-state index in [1.54, 1.807) is 0 Å². The lowest BCUT2D eigenvalue weighted by Gasteiger charge is -2.03. The van der Waals surface area contributed by atoms with Crippen molar-refractivity contribution in [2.75, 3.05) is 6.61 Å². The van der Waals surface area contributed by atoms with Crippen LogP contribution in [0.5, 0.6) is 5.75 Å². The van der Waals surface area contributed by atoms with Gasteiger partial charge >= 0.3 is 18.2 Å². The van der Waals surface area contributed by atoms with E-state index in [1.165, 1.54) is 3.69 Å². The first-order chi connectivity index (χ1) is 5.36. The van der Waals surface area contributed by atoms with E-state index < -0.39 is 0 Å². The fourth-order valence-electron chi connectivity index (χ4n) is 0.885. The molecule has 11 heavy (non-hydrogen) atoms. The Balaban J connectivity index is 2.74. The molecule has 0 aliphatic carbocycles. The van der Waals surface area contributed by atoms with Gasteiger partial charge < -0.3 is 4.74 Å². The summed E-state index contributed by atoms with van der Waals surface area (Å²) in [5.41, 5.74) is 0. The minimum absolute atomic E-state index is 0.215. The molecule has 0 fully saturated rings. The predicted molar refractivity (Wildman–Crippen MR) is 51.9 cm³/mol. The number of benzene rings is 1. The molecule has 0 N–H and O–H groups in total. The second kappa shape index (κ2) is 5.01. The van der Waals surface area contributed by atoms with Gasteiger partial charge in [0.1, 0.15) is 5.75 Å². The first-order valence-corrected chi connectivity index (χ1v) is 8.25. The third-order valence-corrected chi connectivity index (χ3v) is 4.05. The van der Waals surface area contributed by atoms with Gasteiger partial charge in [0.15, 0.2) is 0 Å². The number of hydrogen-bond donors (Lipinski definition) is 0. The Morgan fingerprint density at radius 1 is 1.55 bits per heavy atom. The third kappa shape index (κ3) is 3.01. The molecule has 0 aliphatic rings. The zero-order valence-corrected chi connectivity index (χ0v) is 9.51. The molecule has 3 heteroatoms. The largest absolute Gasteiger partial charge is 0.506 e. The lowest BCUT2D eigenvalue weighted by atomic mass is 10.3. The van der Waals surface area contributed by atoms with Gasteiger partial charge in [0.05, 0.1) is 6.61 Å². The van der Waals surface area contributed by atoms with E-state index in [9.17, 15) is 0 Å². The number of halogens is 1. The number of ether oxygens (including phenoxy) is 1. The van der Waals surface area contributed by atoms with Crippen molar-refractivity contribution in [1.82, 2.24) is 0 Å². The molecule has 1 rings (SSSR count). The van der Waals surface area contributed by atoms with E-state index in [0.29, 0.717) is 0 Å². The Hall–Kier alpha value is 0.266. The SMILES string of the molecule is CCOc1ccc[c]([Mg][Br])c1. The van der Waals surface area contributed by atoms with Crippen LogP contribution < -0.4 is 8.43 Å². The highest BCUT2D eigenvalue weighted by molar-refractivity contribution is 9.23. The van der Waals surface area contributed by atoms with Crippen molar-refractivity contribution >= 4 is 34.8 Å². The van der Waals surface area contributed by atoms with Crippen molar-refractivity contribution in [3.05, 3.63) is 24.3 Å². The topological polar surface area (TPSA) is 9.23 Å². The number of rotatable bonds is 3. The monoisotopic (exact) mass is 224 g/mol. The maximum absolute atomic E-state index is 5.35. The van der Waals surface area contributed by atoms with E-state index in [2.05, 4.69) is 25.0 Å². The Morgan fingerprint density at radius 2 is 2.36 bits per heavy atom. The summed E-state index contributed by atoms with van der Waals surface area (Å²) in [4.78, 5) is 0. The van der Waals surface area contributed by atoms with Gasteiger partial charge in [-0.2, -0.15) is 0 Å². The molecule has 1 aromatic rings. The molecule has 0 heterocycles. The Labute approximate surface area is 82.7 Å². The van der Waals surface area contributed by atoms with Crippen molar-refractivity contribution in [1.29, 1.82) is 0 Å². The number of hydrogen-bond acceptors (Lipinski definition) is 1. The molecule has 0 spiro atoms. The van der Waals surface area contributed by atoms with Crippen LogP contribution in [-0.2, 0) is 0 Å². The van der Waals surface area contributed by atoms with Crippen molar-refractivity contribution in [3.63, 3.8) is 0 Å². The molecule has 0 atom stereocenters. The molecule has 0 radical (unpaired) electrons. The summed E-state index contributed by atoms with van der Waals surface area (Å²) in [6.07, 6.45) is 0. The zero-order chi connectivity index (χ0) is 8.10. The molecule has 0 bridgehead atoms. The van der Waals surface area contributed by atoms with Crippen LogP contribution in [0, 0.1) is 0 Å². The molecule has 0 saturated heterocycles. The average molecular weight is 225 g/mol. The quantitative estimate of drug-likeness (QED) is 0.712. The van der Waals surface area contributed by atoms with Gasteiger partial charge in [-0.15, -0.1) is 3.69 Å². The minimum Gasteiger partial charge on any atom is -0.494 e. The van der Waals surface area contributed by atoms with Crippen LogP contribution in [0.25, 0.3) is 0 Å². The molecule has 0 amide bonds. The standard InChI is InChI=1S/C8H9O.BrH.Mg/c1-2-9-8-6-4-3-5-7-8;;/h3-4,6-7H,2H2,1H3;1H;/q;;+1/p-1. The normalized spacial score (nSPS) is 8.91. The van der Waals surface area contributed by atoms with Gasteiger partial charge in [0.2, 0.25) is 0 Å². The summed E-state index contributed by atoms with van der Waals surface area (Å²) in [7, 11) is 0. The summed E-state index contributed by atoms with van der Waals surface area (Å²) >= 11 is 3.31. The molecular weight excluding hydrogens is 216 g/mol. The van der Waals surface area contributed by atoms with E-state index in [-0.39, 0.29) is 18.2 Å². The molecule has 1 aromatic carbocycles. The summed E-state index contributed by atoms with van der Waals surface area (Å²) in [5.74, 6) is 0.983. The van der Waals surface area contributed by atoms with Crippen LogP contribution in [-0.4, -0.2) is 24.8 Å². The van der Waals surface area contributed by atoms with Gasteiger partial charge in [0.25, 0.3) is 0 Å². The van der Waals surface area contributed by atoms with Crippen LogP contribution in [0.3, 0.4) is 0 Å². The molecular formula is C8H9BrMgO. The van der Waals surface area contributed by atoms with Gasteiger partial charge in [0, 0.05) is 0 Å². The maximum Gasteiger partial charge on any atom is 0.506 e. The Kier molecular flexibility index (Phi) is 4.26. The van der Waals surface area contributed by atoms with Crippen LogP contribution in [0.4, 0.5) is 0 Å². The molecule has 56 valence electrons. The fourth-order valence-corrected chi connectivity index (χ4v) is 2.43. The van der Waals surface area contributed by atoms with Gasteiger partial charge in [-0.1, -0.05) is 12.1 Å². The minimum atomic E-state index is -0.215. The lowest BCUT2D eigenvalue weighted by Crippen LogP contribution is -2.07. The highest BCUT2D eigenvalue weighted by Gasteiger charge is 1.96. The zero-order valence-electron chi connectivity index (χ0n) is 6.51. The maximum atomic E-state index is 5.35. The first-order valence-electron chi connectivity index (χ1n) is 3.64. The smallest absolute Gasteiger partial charge is 0.494 e. The highest BCUT2D eigenvalue weighted by Crippen LogP contribution is 2.06. The van der Waals surface area contributed by atoms with Crippen LogP contribution >= 0.6 is 12.9 Å². The molecule has 0 saturated carbocycles. The van der Waals surface area contributed by atoms with E-state index in [0.717, 1.165) is 12.4 Å². The van der Waals surface area contributed by atoms with Crippen LogP contribution in [0.2, 0.25) is 0 Å². The van der Waals surface area contributed by atoms with Crippen molar-refractivity contribution in [2.24, 2.45) is 0 Å². The fraction of sp³-hybridized carbons (Fsp3) is 0.250. The summed E-state index contributed by atoms with van der Waals surface area (Å²) < 4.78 is 6.73. The molecule has 1 nitrogen and oxygen atoms in total. The molecule has 0 aliphatic heterocycles. The van der Waals surface area contributed by atoms with E-state index >= 15 is 0 Å². The van der Waals surface area contributed by atoms with Gasteiger partial charge in [-0.25, -0.2) is 0 Å². The van der Waals surface area contributed by atoms with Crippen molar-refractivity contribution < 1.29 is 4.74 Å². The third-order valence-electron chi connectivity index (χ3n) is 1.36. The average Bonchev–Trinajstić information content (AvgIpc) is 2.06. The molecule has 0 unspecified atom stereocenters. The van der Waals surface area contributed by atoms with Gasteiger partial charge in [-0.3, -0.25) is 12.9 Å². The van der Waals surface area contributed by atoms with Crippen LogP contribution in [0.1, 0.15) is 6.92 Å². The van der Waals surface area contributed by atoms with Crippen LogP contribution in [0.15, 0.2) is 24.3 Å². The van der Waals surface area contributed by atoms with Crippen molar-refractivity contribution in [3.8, 4) is 5.75 Å². The predicted octanol–water partition coefficient (Wildman–Crippen LogP) is 1.72. The summed E-state index contributed by atoms with van der Waals surface area (Å²) in [6, 6.07) is 8.26. The highest BCUT2D eigenvalue weighted by atomic mass is 79.9. The second-order valence-electron chi connectivity index (χ2n) is 2.21. The van der Waals surface area contributed by atoms with Crippen molar-refractivity contribution in [2.45, 2.75) is 6.92 Å². The summed E-state index contributed by atoms with van der Waals surface area (Å²) in [5, 5.41) is 0. The van der Waals surface area contributed by atoms with E-state index in [1.807, 2.05) is 19.1 Å². The Bertz CT molecular complexity index is 227. The first kappa shape index (κ1) is 9.35. The lowest BCUT2D eigenvalue weighted by molar-refractivity contribution is 0.340. The molecule has 0 aromatic heterocycles. The van der Waals surface area contributed by atoms with E-state index in [4.69, 9.17) is 4.74 Å². The second-order valence-corrected chi connectivity index (χ2v) is 4.98.